The Bertz CT molecular complexity index is 570. The van der Waals surface area contributed by atoms with Crippen molar-refractivity contribution in [1.29, 1.82) is 5.26 Å². The van der Waals surface area contributed by atoms with Gasteiger partial charge in [-0.2, -0.15) is 10.4 Å². The lowest BCUT2D eigenvalue weighted by atomic mass is 10.1. The van der Waals surface area contributed by atoms with Crippen LogP contribution < -0.4 is 5.43 Å². The number of esters is 1. The quantitative estimate of drug-likeness (QED) is 0.813. The van der Waals surface area contributed by atoms with Crippen molar-refractivity contribution in [2.75, 3.05) is 0 Å². The summed E-state index contributed by atoms with van der Waals surface area (Å²) >= 11 is 0. The molecule has 0 fully saturated rings. The number of hydrazone groups is 1. The standard InChI is InChI=1S/C13H11N3O3/c14-7-9-1-3-10(4-2-9)8-19-13(18)11-5-6-12(17)16-15-11/h1-4H,5-6,8H2,(H,16,17). The number of benzene rings is 1. The van der Waals surface area contributed by atoms with Gasteiger partial charge in [0.1, 0.15) is 12.3 Å². The normalized spacial score (nSPS) is 14.1. The molecule has 0 unspecified atom stereocenters. The van der Waals surface area contributed by atoms with E-state index >= 15 is 0 Å². The first-order chi connectivity index (χ1) is 9.19. The van der Waals surface area contributed by atoms with Gasteiger partial charge in [-0.3, -0.25) is 4.79 Å². The number of rotatable bonds is 3. The minimum Gasteiger partial charge on any atom is -0.456 e. The van der Waals surface area contributed by atoms with Crippen LogP contribution in [0, 0.1) is 11.3 Å². The molecule has 0 saturated heterocycles. The molecule has 1 aliphatic rings. The highest BCUT2D eigenvalue weighted by Gasteiger charge is 2.19. The third-order valence-electron chi connectivity index (χ3n) is 2.59. The molecule has 96 valence electrons. The Morgan fingerprint density at radius 3 is 2.68 bits per heavy atom. The second kappa shape index (κ2) is 5.78. The van der Waals surface area contributed by atoms with E-state index in [2.05, 4.69) is 10.5 Å². The Morgan fingerprint density at radius 2 is 2.11 bits per heavy atom. The average Bonchev–Trinajstić information content (AvgIpc) is 2.46. The van der Waals surface area contributed by atoms with Crippen LogP contribution in [-0.2, 0) is 20.9 Å². The molecule has 1 aromatic rings. The topological polar surface area (TPSA) is 91.5 Å². The summed E-state index contributed by atoms with van der Waals surface area (Å²) in [4.78, 5) is 22.5. The molecule has 0 radical (unpaired) electrons. The van der Waals surface area contributed by atoms with Crippen LogP contribution in [0.2, 0.25) is 0 Å². The summed E-state index contributed by atoms with van der Waals surface area (Å²) in [6, 6.07) is 8.75. The maximum absolute atomic E-state index is 11.6. The van der Waals surface area contributed by atoms with E-state index in [0.29, 0.717) is 5.56 Å². The third kappa shape index (κ3) is 3.39. The van der Waals surface area contributed by atoms with Gasteiger partial charge in [0, 0.05) is 12.8 Å². The molecule has 2 rings (SSSR count). The van der Waals surface area contributed by atoms with Gasteiger partial charge in [-0.15, -0.1) is 0 Å². The highest BCUT2D eigenvalue weighted by Crippen LogP contribution is 2.07. The molecule has 1 aromatic carbocycles. The van der Waals surface area contributed by atoms with Gasteiger partial charge in [0.25, 0.3) is 0 Å². The average molecular weight is 257 g/mol. The molecule has 0 spiro atoms. The number of nitriles is 1. The fraction of sp³-hybridized carbons (Fsp3) is 0.231. The summed E-state index contributed by atoms with van der Waals surface area (Å²) in [6.45, 7) is 0.109. The molecule has 0 saturated carbocycles. The van der Waals surface area contributed by atoms with Gasteiger partial charge in [-0.25, -0.2) is 10.2 Å². The van der Waals surface area contributed by atoms with Crippen LogP contribution in [0.25, 0.3) is 0 Å². The van der Waals surface area contributed by atoms with E-state index in [9.17, 15) is 9.59 Å². The highest BCUT2D eigenvalue weighted by atomic mass is 16.5. The van der Waals surface area contributed by atoms with Crippen molar-refractivity contribution in [2.45, 2.75) is 19.4 Å². The molecule has 6 heteroatoms. The minimum atomic E-state index is -0.538. The molecule has 1 N–H and O–H groups in total. The van der Waals surface area contributed by atoms with Crippen molar-refractivity contribution in [3.63, 3.8) is 0 Å². The zero-order valence-corrected chi connectivity index (χ0v) is 10.0. The lowest BCUT2D eigenvalue weighted by molar-refractivity contribution is -0.137. The van der Waals surface area contributed by atoms with E-state index in [-0.39, 0.29) is 31.1 Å². The van der Waals surface area contributed by atoms with Crippen LogP contribution in [0.15, 0.2) is 29.4 Å². The summed E-state index contributed by atoms with van der Waals surface area (Å²) in [7, 11) is 0. The van der Waals surface area contributed by atoms with Crippen LogP contribution >= 0.6 is 0 Å². The molecule has 0 atom stereocenters. The largest absolute Gasteiger partial charge is 0.456 e. The number of amides is 1. The molecule has 1 amide bonds. The van der Waals surface area contributed by atoms with Crippen LogP contribution in [0.5, 0.6) is 0 Å². The number of carbonyl (C=O) groups is 2. The van der Waals surface area contributed by atoms with Gasteiger partial charge in [0.2, 0.25) is 5.91 Å². The summed E-state index contributed by atoms with van der Waals surface area (Å²) in [5, 5.41) is 12.3. The van der Waals surface area contributed by atoms with E-state index in [0.717, 1.165) is 5.56 Å². The second-order valence-electron chi connectivity index (χ2n) is 3.98. The molecular weight excluding hydrogens is 246 g/mol. The summed E-state index contributed by atoms with van der Waals surface area (Å²) in [6.07, 6.45) is 0.531. The number of hydrogen-bond donors (Lipinski definition) is 1. The Balaban J connectivity index is 1.89. The predicted octanol–water partition coefficient (Wildman–Crippen LogP) is 0.867. The first-order valence-corrected chi connectivity index (χ1v) is 5.70. The molecule has 1 aliphatic heterocycles. The van der Waals surface area contributed by atoms with Crippen LogP contribution in [-0.4, -0.2) is 17.6 Å². The Labute approximate surface area is 109 Å². The van der Waals surface area contributed by atoms with Gasteiger partial charge in [0.15, 0.2) is 0 Å². The van der Waals surface area contributed by atoms with Crippen molar-refractivity contribution in [2.24, 2.45) is 5.10 Å². The number of nitrogens with zero attached hydrogens (tertiary/aromatic N) is 2. The summed E-state index contributed by atoms with van der Waals surface area (Å²) < 4.78 is 5.07. The molecule has 0 bridgehead atoms. The fourth-order valence-corrected chi connectivity index (χ4v) is 1.53. The maximum atomic E-state index is 11.6. The maximum Gasteiger partial charge on any atom is 0.354 e. The van der Waals surface area contributed by atoms with Crippen molar-refractivity contribution < 1.29 is 14.3 Å². The number of carbonyl (C=O) groups excluding carboxylic acids is 2. The molecule has 0 aromatic heterocycles. The van der Waals surface area contributed by atoms with Crippen LogP contribution in [0.3, 0.4) is 0 Å². The van der Waals surface area contributed by atoms with Gasteiger partial charge >= 0.3 is 5.97 Å². The number of nitrogens with one attached hydrogen (secondary N) is 1. The van der Waals surface area contributed by atoms with E-state index < -0.39 is 5.97 Å². The van der Waals surface area contributed by atoms with Gasteiger partial charge in [0.05, 0.1) is 11.6 Å². The van der Waals surface area contributed by atoms with Crippen molar-refractivity contribution in [3.8, 4) is 6.07 Å². The van der Waals surface area contributed by atoms with Crippen LogP contribution in [0.4, 0.5) is 0 Å². The molecule has 19 heavy (non-hydrogen) atoms. The predicted molar refractivity (Wildman–Crippen MR) is 65.8 cm³/mol. The molecule has 6 nitrogen and oxygen atoms in total. The van der Waals surface area contributed by atoms with Gasteiger partial charge in [-0.1, -0.05) is 12.1 Å². The van der Waals surface area contributed by atoms with Gasteiger partial charge in [-0.05, 0) is 17.7 Å². The third-order valence-corrected chi connectivity index (χ3v) is 2.59. The lowest BCUT2D eigenvalue weighted by Gasteiger charge is -2.11. The second-order valence-corrected chi connectivity index (χ2v) is 3.98. The summed E-state index contributed by atoms with van der Waals surface area (Å²) in [5.41, 5.74) is 3.79. The first-order valence-electron chi connectivity index (χ1n) is 5.70. The zero-order valence-electron chi connectivity index (χ0n) is 10.0. The van der Waals surface area contributed by atoms with E-state index in [1.54, 1.807) is 24.3 Å². The Hall–Kier alpha value is -2.68. The van der Waals surface area contributed by atoms with Gasteiger partial charge < -0.3 is 4.74 Å². The Morgan fingerprint density at radius 1 is 1.37 bits per heavy atom. The SMILES string of the molecule is N#Cc1ccc(COC(=O)C2=NNC(=O)CC2)cc1. The highest BCUT2D eigenvalue weighted by molar-refractivity contribution is 6.37. The molecular formula is C13H11N3O3. The molecule has 1 heterocycles. The van der Waals surface area contributed by atoms with Crippen molar-refractivity contribution in [3.05, 3.63) is 35.4 Å². The molecule has 0 aliphatic carbocycles. The fourth-order valence-electron chi connectivity index (χ4n) is 1.53. The Kier molecular flexibility index (Phi) is 3.88. The van der Waals surface area contributed by atoms with E-state index in [1.165, 1.54) is 0 Å². The zero-order chi connectivity index (χ0) is 13.7. The van der Waals surface area contributed by atoms with Crippen molar-refractivity contribution >= 4 is 17.6 Å². The smallest absolute Gasteiger partial charge is 0.354 e. The number of hydrogen-bond acceptors (Lipinski definition) is 5. The van der Waals surface area contributed by atoms with E-state index in [1.807, 2.05) is 6.07 Å². The van der Waals surface area contributed by atoms with E-state index in [4.69, 9.17) is 10.00 Å². The monoisotopic (exact) mass is 257 g/mol. The van der Waals surface area contributed by atoms with Crippen molar-refractivity contribution in [1.82, 2.24) is 5.43 Å². The summed E-state index contributed by atoms with van der Waals surface area (Å²) in [5.74, 6) is -0.743. The minimum absolute atomic E-state index is 0.109. The van der Waals surface area contributed by atoms with Crippen LogP contribution in [0.1, 0.15) is 24.0 Å². The number of ether oxygens (including phenoxy) is 1. The lowest BCUT2D eigenvalue weighted by Crippen LogP contribution is -2.30. The first kappa shape index (κ1) is 12.8.